The molecule has 1 aromatic heterocycles. The van der Waals surface area contributed by atoms with Crippen LogP contribution in [0, 0.1) is 5.92 Å². The molecule has 0 aliphatic carbocycles. The van der Waals surface area contributed by atoms with Crippen LogP contribution < -0.4 is 11.1 Å². The molecule has 0 saturated heterocycles. The molecule has 6 nitrogen and oxygen atoms in total. The molecule has 1 aromatic rings. The highest BCUT2D eigenvalue weighted by Gasteiger charge is 2.37. The Hall–Kier alpha value is -2.11. The Balaban J connectivity index is 2.72. The molecule has 0 aromatic carbocycles. The Labute approximate surface area is 119 Å². The lowest BCUT2D eigenvalue weighted by Crippen LogP contribution is -2.60. The second-order valence-electron chi connectivity index (χ2n) is 5.33. The number of rotatable bonds is 5. The van der Waals surface area contributed by atoms with Gasteiger partial charge in [0.2, 0.25) is 5.91 Å². The van der Waals surface area contributed by atoms with E-state index >= 15 is 0 Å². The summed E-state index contributed by atoms with van der Waals surface area (Å²) in [5, 5.41) is 2.70. The van der Waals surface area contributed by atoms with Gasteiger partial charge in [-0.05, 0) is 25.0 Å². The number of primary amides is 1. The van der Waals surface area contributed by atoms with Crippen molar-refractivity contribution >= 4 is 11.9 Å². The molecule has 110 valence electrons. The molecule has 0 fully saturated rings. The van der Waals surface area contributed by atoms with Crippen LogP contribution in [0.1, 0.15) is 26.5 Å². The lowest BCUT2D eigenvalue weighted by molar-refractivity contribution is -0.125. The van der Waals surface area contributed by atoms with Crippen molar-refractivity contribution in [3.05, 3.63) is 30.1 Å². The van der Waals surface area contributed by atoms with Crippen LogP contribution in [0.5, 0.6) is 0 Å². The van der Waals surface area contributed by atoms with Crippen molar-refractivity contribution in [3.63, 3.8) is 0 Å². The van der Waals surface area contributed by atoms with E-state index < -0.39 is 11.4 Å². The van der Waals surface area contributed by atoms with Crippen molar-refractivity contribution in [1.82, 2.24) is 15.2 Å². The molecule has 0 aliphatic heterocycles. The molecule has 3 amide bonds. The number of carbonyl (C=O) groups is 2. The molecule has 20 heavy (non-hydrogen) atoms. The number of amides is 3. The molecule has 1 atom stereocenters. The van der Waals surface area contributed by atoms with Crippen molar-refractivity contribution in [2.75, 3.05) is 7.05 Å². The first kappa shape index (κ1) is 15.9. The highest BCUT2D eigenvalue weighted by Crippen LogP contribution is 2.16. The largest absolute Gasteiger partial charge is 0.368 e. The van der Waals surface area contributed by atoms with Gasteiger partial charge in [-0.3, -0.25) is 9.78 Å². The predicted molar refractivity (Wildman–Crippen MR) is 76.7 cm³/mol. The third-order valence-corrected chi connectivity index (χ3v) is 3.51. The Morgan fingerprint density at radius 3 is 2.55 bits per heavy atom. The lowest BCUT2D eigenvalue weighted by Gasteiger charge is -2.33. The van der Waals surface area contributed by atoms with Crippen LogP contribution >= 0.6 is 0 Å². The number of hydrogen-bond donors (Lipinski definition) is 2. The summed E-state index contributed by atoms with van der Waals surface area (Å²) in [6, 6.07) is 5.15. The van der Waals surface area contributed by atoms with Gasteiger partial charge in [0.25, 0.3) is 0 Å². The first-order valence-corrected chi connectivity index (χ1v) is 6.50. The molecule has 6 heteroatoms. The van der Waals surface area contributed by atoms with Crippen LogP contribution in [0.4, 0.5) is 4.79 Å². The minimum Gasteiger partial charge on any atom is -0.368 e. The molecule has 3 N–H and O–H groups in total. The van der Waals surface area contributed by atoms with E-state index in [-0.39, 0.29) is 11.9 Å². The van der Waals surface area contributed by atoms with Gasteiger partial charge in [0.15, 0.2) is 0 Å². The zero-order chi connectivity index (χ0) is 15.3. The monoisotopic (exact) mass is 278 g/mol. The van der Waals surface area contributed by atoms with Gasteiger partial charge < -0.3 is 16.0 Å². The summed E-state index contributed by atoms with van der Waals surface area (Å²) < 4.78 is 0. The fourth-order valence-electron chi connectivity index (χ4n) is 1.61. The summed E-state index contributed by atoms with van der Waals surface area (Å²) in [6.45, 7) is 5.67. The minimum absolute atomic E-state index is 0.104. The summed E-state index contributed by atoms with van der Waals surface area (Å²) in [5.41, 5.74) is 5.09. The highest BCUT2D eigenvalue weighted by atomic mass is 16.2. The molecule has 0 radical (unpaired) electrons. The summed E-state index contributed by atoms with van der Waals surface area (Å²) in [5.74, 6) is -0.653. The molecule has 0 bridgehead atoms. The quantitative estimate of drug-likeness (QED) is 0.846. The maximum absolute atomic E-state index is 12.2. The second-order valence-corrected chi connectivity index (χ2v) is 5.33. The normalized spacial score (nSPS) is 13.7. The fraction of sp³-hybridized carbons (Fsp3) is 0.500. The number of pyridine rings is 1. The summed E-state index contributed by atoms with van der Waals surface area (Å²) in [4.78, 5) is 29.3. The first-order valence-electron chi connectivity index (χ1n) is 6.50. The van der Waals surface area contributed by atoms with Gasteiger partial charge in [-0.2, -0.15) is 0 Å². The number of aromatic nitrogens is 1. The van der Waals surface area contributed by atoms with E-state index in [1.807, 2.05) is 32.0 Å². The van der Waals surface area contributed by atoms with E-state index in [9.17, 15) is 9.59 Å². The van der Waals surface area contributed by atoms with Crippen LogP contribution in [-0.2, 0) is 11.3 Å². The number of nitrogens with one attached hydrogen (secondary N) is 1. The van der Waals surface area contributed by atoms with Gasteiger partial charge in [0, 0.05) is 13.2 Å². The lowest BCUT2D eigenvalue weighted by atomic mass is 9.88. The maximum Gasteiger partial charge on any atom is 0.318 e. The van der Waals surface area contributed by atoms with Gasteiger partial charge in [-0.1, -0.05) is 19.9 Å². The van der Waals surface area contributed by atoms with E-state index in [0.717, 1.165) is 5.69 Å². The first-order chi connectivity index (χ1) is 9.27. The number of carbonyl (C=O) groups excluding carboxylic acids is 2. The average molecular weight is 278 g/mol. The Morgan fingerprint density at radius 2 is 2.10 bits per heavy atom. The van der Waals surface area contributed by atoms with Crippen LogP contribution in [0.25, 0.3) is 0 Å². The highest BCUT2D eigenvalue weighted by molar-refractivity contribution is 5.89. The fourth-order valence-corrected chi connectivity index (χ4v) is 1.61. The van der Waals surface area contributed by atoms with Crippen molar-refractivity contribution in [3.8, 4) is 0 Å². The molecular weight excluding hydrogens is 256 g/mol. The predicted octanol–water partition coefficient (Wildman–Crippen LogP) is 1.12. The van der Waals surface area contributed by atoms with Gasteiger partial charge in [-0.25, -0.2) is 4.79 Å². The van der Waals surface area contributed by atoms with Gasteiger partial charge in [0.1, 0.15) is 5.54 Å². The number of nitrogens with zero attached hydrogens (tertiary/aromatic N) is 2. The molecule has 0 saturated carbocycles. The zero-order valence-electron chi connectivity index (χ0n) is 12.4. The summed E-state index contributed by atoms with van der Waals surface area (Å²) in [6.07, 6.45) is 1.67. The molecule has 0 aliphatic rings. The van der Waals surface area contributed by atoms with Crippen molar-refractivity contribution in [1.29, 1.82) is 0 Å². The molecular formula is C14H22N4O2. The van der Waals surface area contributed by atoms with E-state index in [4.69, 9.17) is 5.73 Å². The van der Waals surface area contributed by atoms with Gasteiger partial charge in [0.05, 0.1) is 12.2 Å². The number of urea groups is 1. The molecule has 0 spiro atoms. The van der Waals surface area contributed by atoms with Crippen LogP contribution in [0.2, 0.25) is 0 Å². The van der Waals surface area contributed by atoms with Crippen LogP contribution in [0.15, 0.2) is 24.4 Å². The van der Waals surface area contributed by atoms with Gasteiger partial charge >= 0.3 is 6.03 Å². The van der Waals surface area contributed by atoms with E-state index in [1.165, 1.54) is 4.90 Å². The molecule has 1 heterocycles. The standard InChI is InChI=1S/C14H22N4O2/c1-10(2)14(3,12(15)19)17-13(20)18(4)9-11-7-5-6-8-16-11/h5-8,10H,9H2,1-4H3,(H2,15,19)(H,17,20). The van der Waals surface area contributed by atoms with Crippen LogP contribution in [-0.4, -0.2) is 34.4 Å². The summed E-state index contributed by atoms with van der Waals surface area (Å²) >= 11 is 0. The second kappa shape index (κ2) is 6.36. The van der Waals surface area contributed by atoms with E-state index in [1.54, 1.807) is 20.2 Å². The molecule has 1 unspecified atom stereocenters. The van der Waals surface area contributed by atoms with Crippen molar-refractivity contribution < 1.29 is 9.59 Å². The van der Waals surface area contributed by atoms with E-state index in [0.29, 0.717) is 6.54 Å². The number of nitrogens with two attached hydrogens (primary N) is 1. The zero-order valence-corrected chi connectivity index (χ0v) is 12.4. The van der Waals surface area contributed by atoms with Crippen molar-refractivity contribution in [2.45, 2.75) is 32.9 Å². The Morgan fingerprint density at radius 1 is 1.45 bits per heavy atom. The van der Waals surface area contributed by atoms with Crippen LogP contribution in [0.3, 0.4) is 0 Å². The Bertz CT molecular complexity index is 475. The Kier molecular flexibility index (Phi) is 5.07. The van der Waals surface area contributed by atoms with E-state index in [2.05, 4.69) is 10.3 Å². The minimum atomic E-state index is -1.07. The third-order valence-electron chi connectivity index (χ3n) is 3.51. The van der Waals surface area contributed by atoms with Gasteiger partial charge in [-0.15, -0.1) is 0 Å². The number of hydrogen-bond acceptors (Lipinski definition) is 3. The SMILES string of the molecule is CC(C)C(C)(NC(=O)N(C)Cc1ccccn1)C(N)=O. The third kappa shape index (κ3) is 3.69. The van der Waals surface area contributed by atoms with Crippen molar-refractivity contribution in [2.24, 2.45) is 11.7 Å². The average Bonchev–Trinajstić information content (AvgIpc) is 2.39. The topological polar surface area (TPSA) is 88.3 Å². The maximum atomic E-state index is 12.2. The molecule has 1 rings (SSSR count). The summed E-state index contributed by atoms with van der Waals surface area (Å²) in [7, 11) is 1.64. The smallest absolute Gasteiger partial charge is 0.318 e.